The van der Waals surface area contributed by atoms with Gasteiger partial charge in [0.05, 0.1) is 39.4 Å². The minimum atomic E-state index is -0.145. The maximum Gasteiger partial charge on any atom is 0.310 e. The van der Waals surface area contributed by atoms with Gasteiger partial charge in [0.25, 0.3) is 0 Å². The monoisotopic (exact) mass is 315 g/mol. The molecule has 0 saturated carbocycles. The number of rotatable bonds is 8. The van der Waals surface area contributed by atoms with E-state index in [-0.39, 0.29) is 17.8 Å². The summed E-state index contributed by atoms with van der Waals surface area (Å²) in [7, 11) is 3.09. The third-order valence-electron chi connectivity index (χ3n) is 3.68. The van der Waals surface area contributed by atoms with Crippen molar-refractivity contribution in [2.45, 2.75) is 13.8 Å². The molecule has 1 saturated heterocycles. The Bertz CT molecular complexity index is 363. The molecule has 1 fully saturated rings. The van der Waals surface area contributed by atoms with Crippen molar-refractivity contribution in [3.8, 4) is 0 Å². The van der Waals surface area contributed by atoms with Crippen molar-refractivity contribution >= 4 is 11.9 Å². The highest BCUT2D eigenvalue weighted by Crippen LogP contribution is 2.24. The summed E-state index contributed by atoms with van der Waals surface area (Å²) in [5.74, 6) is 0.853. The first-order chi connectivity index (χ1) is 10.6. The molecule has 22 heavy (non-hydrogen) atoms. The van der Waals surface area contributed by atoms with Crippen LogP contribution in [0.25, 0.3) is 0 Å². The fourth-order valence-corrected chi connectivity index (χ4v) is 2.48. The smallest absolute Gasteiger partial charge is 0.310 e. The molecular formula is C15H29N3O4. The number of hydrogen-bond acceptors (Lipinski definition) is 5. The third-order valence-corrected chi connectivity index (χ3v) is 3.68. The molecule has 1 aliphatic rings. The van der Waals surface area contributed by atoms with Gasteiger partial charge < -0.3 is 24.4 Å². The normalized spacial score (nSPS) is 22.0. The van der Waals surface area contributed by atoms with E-state index in [1.807, 2.05) is 6.92 Å². The van der Waals surface area contributed by atoms with E-state index in [9.17, 15) is 4.79 Å². The van der Waals surface area contributed by atoms with Gasteiger partial charge in [0, 0.05) is 26.7 Å². The van der Waals surface area contributed by atoms with Crippen LogP contribution in [0.3, 0.4) is 0 Å². The molecule has 7 nitrogen and oxygen atoms in total. The Morgan fingerprint density at radius 1 is 1.27 bits per heavy atom. The number of nitrogens with zero attached hydrogens (tertiary/aromatic N) is 2. The van der Waals surface area contributed by atoms with Crippen LogP contribution in [-0.2, 0) is 19.0 Å². The predicted molar refractivity (Wildman–Crippen MR) is 84.9 cm³/mol. The Morgan fingerprint density at radius 3 is 2.68 bits per heavy atom. The molecule has 128 valence electrons. The molecule has 2 unspecified atom stereocenters. The molecule has 0 bridgehead atoms. The van der Waals surface area contributed by atoms with Crippen molar-refractivity contribution < 1.29 is 19.0 Å². The summed E-state index contributed by atoms with van der Waals surface area (Å²) < 4.78 is 15.2. The molecule has 0 amide bonds. The first-order valence-corrected chi connectivity index (χ1v) is 7.81. The summed E-state index contributed by atoms with van der Waals surface area (Å²) in [5, 5.41) is 3.27. The lowest BCUT2D eigenvalue weighted by Gasteiger charge is -2.21. The largest absolute Gasteiger partial charge is 0.469 e. The number of likely N-dealkylation sites (tertiary alicyclic amines) is 1. The Hall–Kier alpha value is -1.34. The highest BCUT2D eigenvalue weighted by Gasteiger charge is 2.36. The van der Waals surface area contributed by atoms with E-state index in [1.165, 1.54) is 7.11 Å². The Labute approximate surface area is 133 Å². The number of ether oxygens (including phenoxy) is 3. The molecule has 2 atom stereocenters. The van der Waals surface area contributed by atoms with Crippen molar-refractivity contribution in [1.29, 1.82) is 0 Å². The summed E-state index contributed by atoms with van der Waals surface area (Å²) in [6.45, 7) is 8.64. The van der Waals surface area contributed by atoms with Gasteiger partial charge in [-0.15, -0.1) is 0 Å². The van der Waals surface area contributed by atoms with E-state index in [1.54, 1.807) is 7.11 Å². The first kappa shape index (κ1) is 18.7. The molecule has 0 aromatic carbocycles. The third kappa shape index (κ3) is 5.81. The van der Waals surface area contributed by atoms with Crippen LogP contribution in [0.2, 0.25) is 0 Å². The van der Waals surface area contributed by atoms with Gasteiger partial charge in [-0.2, -0.15) is 0 Å². The molecular weight excluding hydrogens is 286 g/mol. The van der Waals surface area contributed by atoms with Crippen molar-refractivity contribution in [2.75, 3.05) is 60.2 Å². The van der Waals surface area contributed by atoms with Gasteiger partial charge in [-0.3, -0.25) is 9.79 Å². The molecule has 0 aliphatic carbocycles. The molecule has 1 aliphatic heterocycles. The van der Waals surface area contributed by atoms with Crippen LogP contribution in [0.15, 0.2) is 4.99 Å². The molecule has 0 spiro atoms. The van der Waals surface area contributed by atoms with Crippen molar-refractivity contribution in [1.82, 2.24) is 10.2 Å². The van der Waals surface area contributed by atoms with E-state index in [0.29, 0.717) is 32.9 Å². The number of methoxy groups -OCH3 is 2. The lowest BCUT2D eigenvalue weighted by molar-refractivity contribution is -0.145. The molecule has 0 aromatic rings. The van der Waals surface area contributed by atoms with Crippen LogP contribution in [0, 0.1) is 11.8 Å². The quantitative estimate of drug-likeness (QED) is 0.302. The summed E-state index contributed by atoms with van der Waals surface area (Å²) in [4.78, 5) is 18.4. The van der Waals surface area contributed by atoms with Crippen LogP contribution >= 0.6 is 0 Å². The van der Waals surface area contributed by atoms with Crippen molar-refractivity contribution in [2.24, 2.45) is 16.8 Å². The number of aliphatic imine (C=N–C) groups is 1. The number of hydrogen-bond donors (Lipinski definition) is 1. The lowest BCUT2D eigenvalue weighted by Crippen LogP contribution is -2.40. The zero-order chi connectivity index (χ0) is 16.4. The fourth-order valence-electron chi connectivity index (χ4n) is 2.48. The Morgan fingerprint density at radius 2 is 2.05 bits per heavy atom. The maximum absolute atomic E-state index is 11.8. The topological polar surface area (TPSA) is 72.4 Å². The summed E-state index contributed by atoms with van der Waals surface area (Å²) in [5.41, 5.74) is 0. The number of carbonyl (C=O) groups excluding carboxylic acids is 1. The Kier molecular flexibility index (Phi) is 8.84. The summed E-state index contributed by atoms with van der Waals surface area (Å²) in [6, 6.07) is 0. The first-order valence-electron chi connectivity index (χ1n) is 7.81. The standard InChI is InChI=1S/C15H29N3O4/c1-5-16-15(17-6-7-22-9-8-20-3)18-10-12(2)13(11-18)14(19)21-4/h12-13H,5-11H2,1-4H3,(H,16,17). The van der Waals surface area contributed by atoms with Gasteiger partial charge >= 0.3 is 5.97 Å². The average molecular weight is 315 g/mol. The molecule has 1 rings (SSSR count). The van der Waals surface area contributed by atoms with E-state index >= 15 is 0 Å². The van der Waals surface area contributed by atoms with Crippen LogP contribution in [0.5, 0.6) is 0 Å². The van der Waals surface area contributed by atoms with E-state index < -0.39 is 0 Å². The van der Waals surface area contributed by atoms with Crippen molar-refractivity contribution in [3.63, 3.8) is 0 Å². The number of esters is 1. The Balaban J connectivity index is 2.50. The summed E-state index contributed by atoms with van der Waals surface area (Å²) in [6.07, 6.45) is 0. The average Bonchev–Trinajstić information content (AvgIpc) is 2.90. The zero-order valence-corrected chi connectivity index (χ0v) is 14.1. The van der Waals surface area contributed by atoms with Gasteiger partial charge in [-0.25, -0.2) is 0 Å². The van der Waals surface area contributed by atoms with Crippen LogP contribution < -0.4 is 5.32 Å². The number of nitrogens with one attached hydrogen (secondary N) is 1. The second-order valence-electron chi connectivity index (χ2n) is 5.35. The molecule has 7 heteroatoms. The van der Waals surface area contributed by atoms with Crippen molar-refractivity contribution in [3.05, 3.63) is 0 Å². The van der Waals surface area contributed by atoms with E-state index in [4.69, 9.17) is 14.2 Å². The van der Waals surface area contributed by atoms with Gasteiger partial charge in [0.1, 0.15) is 0 Å². The van der Waals surface area contributed by atoms with Gasteiger partial charge in [-0.05, 0) is 12.8 Å². The molecule has 0 radical (unpaired) electrons. The lowest BCUT2D eigenvalue weighted by atomic mass is 9.99. The fraction of sp³-hybridized carbons (Fsp3) is 0.867. The second kappa shape index (κ2) is 10.4. The van der Waals surface area contributed by atoms with Crippen LogP contribution in [-0.4, -0.2) is 77.0 Å². The van der Waals surface area contributed by atoms with Crippen LogP contribution in [0.4, 0.5) is 0 Å². The number of guanidine groups is 1. The molecule has 1 heterocycles. The van der Waals surface area contributed by atoms with Crippen LogP contribution in [0.1, 0.15) is 13.8 Å². The summed E-state index contributed by atoms with van der Waals surface area (Å²) >= 11 is 0. The van der Waals surface area contributed by atoms with Gasteiger partial charge in [-0.1, -0.05) is 6.92 Å². The SMILES string of the molecule is CCNC(=NCCOCCOC)N1CC(C)C(C(=O)OC)C1. The zero-order valence-electron chi connectivity index (χ0n) is 14.1. The highest BCUT2D eigenvalue weighted by molar-refractivity contribution is 5.82. The molecule has 1 N–H and O–H groups in total. The number of carbonyl (C=O) groups is 1. The highest BCUT2D eigenvalue weighted by atomic mass is 16.5. The van der Waals surface area contributed by atoms with Gasteiger partial charge in [0.2, 0.25) is 0 Å². The minimum Gasteiger partial charge on any atom is -0.469 e. The minimum absolute atomic E-state index is 0.0909. The van der Waals surface area contributed by atoms with E-state index in [2.05, 4.69) is 22.1 Å². The molecule has 0 aromatic heterocycles. The van der Waals surface area contributed by atoms with Gasteiger partial charge in [0.15, 0.2) is 5.96 Å². The maximum atomic E-state index is 11.8. The van der Waals surface area contributed by atoms with E-state index in [0.717, 1.165) is 19.0 Å². The second-order valence-corrected chi connectivity index (χ2v) is 5.35. The predicted octanol–water partition coefficient (Wildman–Crippen LogP) is 0.356.